The molecule has 0 saturated carbocycles. The Kier molecular flexibility index (Phi) is 3.71. The molecule has 0 amide bonds. The van der Waals surface area contributed by atoms with E-state index in [4.69, 9.17) is 22.1 Å². The second-order valence-electron chi connectivity index (χ2n) is 4.28. The van der Waals surface area contributed by atoms with Gasteiger partial charge in [0.15, 0.2) is 0 Å². The number of anilines is 1. The average molecular weight is 244 g/mol. The van der Waals surface area contributed by atoms with Gasteiger partial charge in [0.2, 0.25) is 0 Å². The molecule has 0 radical (unpaired) electrons. The number of halogens is 1. The first-order chi connectivity index (χ1) is 7.72. The van der Waals surface area contributed by atoms with Gasteiger partial charge >= 0.3 is 0 Å². The van der Waals surface area contributed by atoms with Gasteiger partial charge in [0.25, 0.3) is 0 Å². The molecule has 1 aromatic rings. The Morgan fingerprint density at radius 3 is 3.12 bits per heavy atom. The number of hydrogen-bond donors (Lipinski definition) is 1. The predicted molar refractivity (Wildman–Crippen MR) is 64.6 cm³/mol. The summed E-state index contributed by atoms with van der Waals surface area (Å²) >= 11 is 5.91. The third-order valence-electron chi connectivity index (χ3n) is 3.08. The average Bonchev–Trinajstić information content (AvgIpc) is 2.61. The molecule has 2 unspecified atom stereocenters. The van der Waals surface area contributed by atoms with E-state index in [2.05, 4.69) is 12.0 Å². The van der Waals surface area contributed by atoms with Gasteiger partial charge in [-0.05, 0) is 19.3 Å². The summed E-state index contributed by atoms with van der Waals surface area (Å²) in [5, 5.41) is 4.78. The van der Waals surface area contributed by atoms with Crippen molar-refractivity contribution in [2.75, 3.05) is 12.3 Å². The maximum Gasteiger partial charge on any atom is 0.140 e. The summed E-state index contributed by atoms with van der Waals surface area (Å²) in [6, 6.07) is 0.331. The fourth-order valence-corrected chi connectivity index (χ4v) is 2.38. The molecule has 1 saturated heterocycles. The fourth-order valence-electron chi connectivity index (χ4n) is 2.25. The van der Waals surface area contributed by atoms with Crippen LogP contribution in [-0.4, -0.2) is 22.5 Å². The molecule has 4 nitrogen and oxygen atoms in total. The van der Waals surface area contributed by atoms with Crippen LogP contribution in [-0.2, 0) is 4.74 Å². The first kappa shape index (κ1) is 11.7. The van der Waals surface area contributed by atoms with Crippen molar-refractivity contribution in [1.82, 2.24) is 9.78 Å². The van der Waals surface area contributed by atoms with Crippen molar-refractivity contribution in [3.8, 4) is 0 Å². The van der Waals surface area contributed by atoms with Crippen molar-refractivity contribution in [2.24, 2.45) is 0 Å². The Hall–Kier alpha value is -0.740. The predicted octanol–water partition coefficient (Wildman–Crippen LogP) is 2.64. The SMILES string of the molecule is CCCC1CC(n2ncc(Cl)c2N)CCO1. The van der Waals surface area contributed by atoms with E-state index in [9.17, 15) is 0 Å². The quantitative estimate of drug-likeness (QED) is 0.888. The van der Waals surface area contributed by atoms with Gasteiger partial charge in [-0.25, -0.2) is 4.68 Å². The van der Waals surface area contributed by atoms with Crippen molar-refractivity contribution >= 4 is 17.4 Å². The Labute approximate surface area is 101 Å². The highest BCUT2D eigenvalue weighted by atomic mass is 35.5. The van der Waals surface area contributed by atoms with Crippen LogP contribution in [0.4, 0.5) is 5.82 Å². The van der Waals surface area contributed by atoms with Crippen LogP contribution in [0.1, 0.15) is 38.6 Å². The third kappa shape index (κ3) is 2.33. The van der Waals surface area contributed by atoms with Gasteiger partial charge in [0, 0.05) is 6.61 Å². The van der Waals surface area contributed by atoms with Gasteiger partial charge in [-0.15, -0.1) is 0 Å². The van der Waals surface area contributed by atoms with E-state index in [0.29, 0.717) is 23.0 Å². The van der Waals surface area contributed by atoms with Gasteiger partial charge in [-0.3, -0.25) is 0 Å². The van der Waals surface area contributed by atoms with E-state index in [1.807, 2.05) is 4.68 Å². The number of ether oxygens (including phenoxy) is 1. The zero-order chi connectivity index (χ0) is 11.5. The summed E-state index contributed by atoms with van der Waals surface area (Å²) in [5.74, 6) is 0.573. The summed E-state index contributed by atoms with van der Waals surface area (Å²) in [5.41, 5.74) is 5.88. The minimum Gasteiger partial charge on any atom is -0.383 e. The smallest absolute Gasteiger partial charge is 0.140 e. The van der Waals surface area contributed by atoms with Crippen LogP contribution in [0.2, 0.25) is 5.02 Å². The normalized spacial score (nSPS) is 25.9. The number of hydrogen-bond acceptors (Lipinski definition) is 3. The molecule has 1 aliphatic heterocycles. The summed E-state index contributed by atoms with van der Waals surface area (Å²) in [4.78, 5) is 0. The lowest BCUT2D eigenvalue weighted by Crippen LogP contribution is -2.28. The van der Waals surface area contributed by atoms with E-state index in [-0.39, 0.29) is 0 Å². The minimum absolute atomic E-state index is 0.331. The number of nitrogen functional groups attached to an aromatic ring is 1. The third-order valence-corrected chi connectivity index (χ3v) is 3.37. The Balaban J connectivity index is 2.06. The van der Waals surface area contributed by atoms with E-state index in [1.165, 1.54) is 0 Å². The van der Waals surface area contributed by atoms with Crippen LogP contribution >= 0.6 is 11.6 Å². The highest BCUT2D eigenvalue weighted by Crippen LogP contribution is 2.30. The number of aromatic nitrogens is 2. The fraction of sp³-hybridized carbons (Fsp3) is 0.727. The van der Waals surface area contributed by atoms with Crippen LogP contribution in [0.5, 0.6) is 0 Å². The molecule has 90 valence electrons. The molecule has 0 bridgehead atoms. The van der Waals surface area contributed by atoms with Crippen LogP contribution in [0, 0.1) is 0 Å². The van der Waals surface area contributed by atoms with Crippen molar-refractivity contribution in [3.05, 3.63) is 11.2 Å². The highest BCUT2D eigenvalue weighted by molar-refractivity contribution is 6.32. The topological polar surface area (TPSA) is 53.1 Å². The molecular weight excluding hydrogens is 226 g/mol. The summed E-state index contributed by atoms with van der Waals surface area (Å²) in [6.45, 7) is 2.96. The molecule has 2 N–H and O–H groups in total. The Bertz CT molecular complexity index is 351. The van der Waals surface area contributed by atoms with Crippen molar-refractivity contribution in [3.63, 3.8) is 0 Å². The number of nitrogens with two attached hydrogens (primary N) is 1. The van der Waals surface area contributed by atoms with Crippen LogP contribution in [0.25, 0.3) is 0 Å². The lowest BCUT2D eigenvalue weighted by molar-refractivity contribution is -0.0119. The molecule has 2 atom stereocenters. The Morgan fingerprint density at radius 1 is 1.69 bits per heavy atom. The molecule has 0 aliphatic carbocycles. The molecule has 0 spiro atoms. The summed E-state index contributed by atoms with van der Waals surface area (Å²) in [7, 11) is 0. The van der Waals surface area contributed by atoms with Crippen molar-refractivity contribution in [2.45, 2.75) is 44.8 Å². The maximum absolute atomic E-state index is 5.91. The van der Waals surface area contributed by atoms with Gasteiger partial charge in [-0.2, -0.15) is 5.10 Å². The van der Waals surface area contributed by atoms with Gasteiger partial charge in [-0.1, -0.05) is 24.9 Å². The molecular formula is C11H18ClN3O. The van der Waals surface area contributed by atoms with Crippen molar-refractivity contribution < 1.29 is 4.74 Å². The van der Waals surface area contributed by atoms with E-state index in [0.717, 1.165) is 32.3 Å². The first-order valence-electron chi connectivity index (χ1n) is 5.82. The van der Waals surface area contributed by atoms with Crippen LogP contribution in [0.15, 0.2) is 6.20 Å². The van der Waals surface area contributed by atoms with Crippen LogP contribution in [0.3, 0.4) is 0 Å². The highest BCUT2D eigenvalue weighted by Gasteiger charge is 2.25. The van der Waals surface area contributed by atoms with Gasteiger partial charge < -0.3 is 10.5 Å². The second kappa shape index (κ2) is 5.06. The second-order valence-corrected chi connectivity index (χ2v) is 4.69. The lowest BCUT2D eigenvalue weighted by Gasteiger charge is -2.30. The molecule has 16 heavy (non-hydrogen) atoms. The molecule has 0 aromatic carbocycles. The lowest BCUT2D eigenvalue weighted by atomic mass is 10.0. The molecule has 1 aromatic heterocycles. The van der Waals surface area contributed by atoms with Crippen LogP contribution < -0.4 is 5.73 Å². The van der Waals surface area contributed by atoms with E-state index in [1.54, 1.807) is 6.20 Å². The number of rotatable bonds is 3. The molecule has 1 aliphatic rings. The maximum atomic E-state index is 5.91. The molecule has 2 rings (SSSR count). The minimum atomic E-state index is 0.331. The zero-order valence-electron chi connectivity index (χ0n) is 9.53. The molecule has 5 heteroatoms. The van der Waals surface area contributed by atoms with Gasteiger partial charge in [0.05, 0.1) is 18.3 Å². The summed E-state index contributed by atoms with van der Waals surface area (Å²) < 4.78 is 7.54. The van der Waals surface area contributed by atoms with E-state index < -0.39 is 0 Å². The number of nitrogens with zero attached hydrogens (tertiary/aromatic N) is 2. The van der Waals surface area contributed by atoms with Crippen molar-refractivity contribution in [1.29, 1.82) is 0 Å². The molecule has 1 fully saturated rings. The van der Waals surface area contributed by atoms with Gasteiger partial charge in [0.1, 0.15) is 10.8 Å². The molecule has 2 heterocycles. The zero-order valence-corrected chi connectivity index (χ0v) is 10.3. The summed E-state index contributed by atoms with van der Waals surface area (Å²) in [6.07, 6.45) is 6.14. The Morgan fingerprint density at radius 2 is 2.50 bits per heavy atom. The largest absolute Gasteiger partial charge is 0.383 e. The monoisotopic (exact) mass is 243 g/mol. The standard InChI is InChI=1S/C11H18ClN3O/c1-2-3-9-6-8(4-5-16-9)15-11(13)10(12)7-14-15/h7-9H,2-6,13H2,1H3. The first-order valence-corrected chi connectivity index (χ1v) is 6.20. The van der Waals surface area contributed by atoms with E-state index >= 15 is 0 Å².